The van der Waals surface area contributed by atoms with Crippen LogP contribution in [-0.4, -0.2) is 21.8 Å². The molecule has 3 heteroatoms. The number of aliphatic carboxylic acids is 1. The summed E-state index contributed by atoms with van der Waals surface area (Å²) in [6.07, 6.45) is 2.86. The fourth-order valence-corrected chi connectivity index (χ4v) is 1.47. The summed E-state index contributed by atoms with van der Waals surface area (Å²) in [7, 11) is 0. The lowest BCUT2D eigenvalue weighted by Crippen LogP contribution is -2.46. The molecule has 62 valence electrons. The first-order chi connectivity index (χ1) is 5.07. The van der Waals surface area contributed by atoms with E-state index in [4.69, 9.17) is 5.11 Å². The van der Waals surface area contributed by atoms with Crippen LogP contribution >= 0.6 is 0 Å². The molecule has 3 nitrogen and oxygen atoms in total. The molecule has 0 bridgehead atoms. The van der Waals surface area contributed by atoms with E-state index in [0.29, 0.717) is 19.3 Å². The number of hydrogen-bond donors (Lipinski definition) is 2. The monoisotopic (exact) mass is 156 g/mol. The Hall–Kier alpha value is -0.830. The normalized spacial score (nSPS) is 35.9. The number of carboxylic acid groups (broad SMARTS) is 1. The molecular formula is C8H12O3. The molecule has 0 aromatic rings. The van der Waals surface area contributed by atoms with Crippen molar-refractivity contribution < 1.29 is 15.0 Å². The van der Waals surface area contributed by atoms with E-state index in [2.05, 4.69) is 6.58 Å². The molecule has 0 spiro atoms. The largest absolute Gasteiger partial charge is 0.481 e. The fourth-order valence-electron chi connectivity index (χ4n) is 1.47. The van der Waals surface area contributed by atoms with Gasteiger partial charge < -0.3 is 10.2 Å². The molecule has 0 heterocycles. The van der Waals surface area contributed by atoms with Crippen molar-refractivity contribution in [2.24, 2.45) is 5.92 Å². The van der Waals surface area contributed by atoms with Gasteiger partial charge in [0.1, 0.15) is 0 Å². The van der Waals surface area contributed by atoms with Crippen LogP contribution in [0.15, 0.2) is 12.7 Å². The van der Waals surface area contributed by atoms with Crippen molar-refractivity contribution in [1.29, 1.82) is 0 Å². The van der Waals surface area contributed by atoms with Crippen molar-refractivity contribution in [3.63, 3.8) is 0 Å². The van der Waals surface area contributed by atoms with Crippen LogP contribution in [0, 0.1) is 5.92 Å². The average molecular weight is 156 g/mol. The highest BCUT2D eigenvalue weighted by Gasteiger charge is 2.45. The molecule has 11 heavy (non-hydrogen) atoms. The highest BCUT2D eigenvalue weighted by molar-refractivity contribution is 5.71. The summed E-state index contributed by atoms with van der Waals surface area (Å²) >= 11 is 0. The molecule has 1 aliphatic rings. The quantitative estimate of drug-likeness (QED) is 0.594. The van der Waals surface area contributed by atoms with Crippen molar-refractivity contribution >= 4 is 5.97 Å². The molecule has 0 saturated heterocycles. The molecule has 1 fully saturated rings. The van der Waals surface area contributed by atoms with E-state index in [9.17, 15) is 9.90 Å². The van der Waals surface area contributed by atoms with Gasteiger partial charge in [-0.25, -0.2) is 0 Å². The number of aliphatic hydroxyl groups is 1. The Kier molecular flexibility index (Phi) is 2.00. The van der Waals surface area contributed by atoms with Crippen molar-refractivity contribution in [3.05, 3.63) is 12.7 Å². The van der Waals surface area contributed by atoms with Gasteiger partial charge >= 0.3 is 5.97 Å². The maximum atomic E-state index is 10.3. The highest BCUT2D eigenvalue weighted by Crippen LogP contribution is 2.40. The van der Waals surface area contributed by atoms with Gasteiger partial charge in [-0.2, -0.15) is 0 Å². The molecule has 0 aromatic heterocycles. The van der Waals surface area contributed by atoms with Crippen LogP contribution in [0.2, 0.25) is 0 Å². The first kappa shape index (κ1) is 8.27. The topological polar surface area (TPSA) is 57.5 Å². The lowest BCUT2D eigenvalue weighted by molar-refractivity contribution is -0.157. The molecule has 0 unspecified atom stereocenters. The third-order valence-electron chi connectivity index (χ3n) is 2.13. The molecule has 0 atom stereocenters. The Bertz CT molecular complexity index is 180. The average Bonchev–Trinajstić information content (AvgIpc) is 1.82. The fraction of sp³-hybridized carbons (Fsp3) is 0.625. The zero-order valence-corrected chi connectivity index (χ0v) is 6.29. The summed E-state index contributed by atoms with van der Waals surface area (Å²) in [5.74, 6) is -1.15. The SMILES string of the molecule is C=CCC1(O)CC(C(=O)O)C1. The Labute approximate surface area is 65.3 Å². The predicted octanol–water partition coefficient (Wildman–Crippen LogP) is 0.788. The number of rotatable bonds is 3. The minimum absolute atomic E-state index is 0.347. The van der Waals surface area contributed by atoms with Crippen LogP contribution in [0.5, 0.6) is 0 Å². The summed E-state index contributed by atoms with van der Waals surface area (Å²) in [5, 5.41) is 18.0. The van der Waals surface area contributed by atoms with Gasteiger partial charge in [-0.1, -0.05) is 6.08 Å². The predicted molar refractivity (Wildman–Crippen MR) is 40.1 cm³/mol. The molecule has 1 rings (SSSR count). The molecule has 1 saturated carbocycles. The van der Waals surface area contributed by atoms with Gasteiger partial charge in [-0.05, 0) is 19.3 Å². The van der Waals surface area contributed by atoms with Gasteiger partial charge in [0.2, 0.25) is 0 Å². The minimum Gasteiger partial charge on any atom is -0.481 e. The zero-order valence-electron chi connectivity index (χ0n) is 6.29. The maximum absolute atomic E-state index is 10.3. The van der Waals surface area contributed by atoms with Crippen LogP contribution in [-0.2, 0) is 4.79 Å². The third-order valence-corrected chi connectivity index (χ3v) is 2.13. The molecule has 0 amide bonds. The van der Waals surface area contributed by atoms with E-state index >= 15 is 0 Å². The second kappa shape index (κ2) is 2.66. The van der Waals surface area contributed by atoms with Crippen molar-refractivity contribution in [3.8, 4) is 0 Å². The van der Waals surface area contributed by atoms with Crippen molar-refractivity contribution in [1.82, 2.24) is 0 Å². The van der Waals surface area contributed by atoms with E-state index in [0.717, 1.165) is 0 Å². The second-order valence-corrected chi connectivity index (χ2v) is 3.16. The Morgan fingerprint density at radius 2 is 2.27 bits per heavy atom. The van der Waals surface area contributed by atoms with E-state index < -0.39 is 11.6 Å². The van der Waals surface area contributed by atoms with Crippen LogP contribution in [0.25, 0.3) is 0 Å². The summed E-state index contributed by atoms with van der Waals surface area (Å²) in [5.41, 5.74) is -0.773. The van der Waals surface area contributed by atoms with Crippen LogP contribution < -0.4 is 0 Å². The molecule has 1 aliphatic carbocycles. The van der Waals surface area contributed by atoms with E-state index in [1.54, 1.807) is 6.08 Å². The summed E-state index contributed by atoms with van der Waals surface area (Å²) in [4.78, 5) is 10.3. The standard InChI is InChI=1S/C8H12O3/c1-2-3-8(11)4-6(5-8)7(9)10/h2,6,11H,1,3-5H2,(H,9,10). The zero-order chi connectivity index (χ0) is 8.48. The third kappa shape index (κ3) is 1.60. The van der Waals surface area contributed by atoms with Crippen molar-refractivity contribution in [2.75, 3.05) is 0 Å². The molecular weight excluding hydrogens is 144 g/mol. The number of carboxylic acids is 1. The van der Waals surface area contributed by atoms with E-state index in [1.807, 2.05) is 0 Å². The van der Waals surface area contributed by atoms with Gasteiger partial charge in [-0.3, -0.25) is 4.79 Å². The lowest BCUT2D eigenvalue weighted by atomic mass is 9.69. The van der Waals surface area contributed by atoms with Gasteiger partial charge in [0, 0.05) is 0 Å². The smallest absolute Gasteiger partial charge is 0.306 e. The van der Waals surface area contributed by atoms with Gasteiger partial charge in [-0.15, -0.1) is 6.58 Å². The summed E-state index contributed by atoms with van der Waals surface area (Å²) in [6, 6.07) is 0. The molecule has 0 aliphatic heterocycles. The summed E-state index contributed by atoms with van der Waals surface area (Å²) in [6.45, 7) is 3.49. The second-order valence-electron chi connectivity index (χ2n) is 3.16. The summed E-state index contributed by atoms with van der Waals surface area (Å²) < 4.78 is 0. The lowest BCUT2D eigenvalue weighted by Gasteiger charge is -2.40. The van der Waals surface area contributed by atoms with Crippen LogP contribution in [0.3, 0.4) is 0 Å². The molecule has 2 N–H and O–H groups in total. The van der Waals surface area contributed by atoms with Crippen LogP contribution in [0.4, 0.5) is 0 Å². The van der Waals surface area contributed by atoms with Gasteiger partial charge in [0.15, 0.2) is 0 Å². The Morgan fingerprint density at radius 3 is 2.64 bits per heavy atom. The Morgan fingerprint density at radius 1 is 1.73 bits per heavy atom. The van der Waals surface area contributed by atoms with E-state index in [-0.39, 0.29) is 5.92 Å². The van der Waals surface area contributed by atoms with E-state index in [1.165, 1.54) is 0 Å². The number of carbonyl (C=O) groups is 1. The molecule has 0 aromatic carbocycles. The maximum Gasteiger partial charge on any atom is 0.306 e. The minimum atomic E-state index is -0.807. The highest BCUT2D eigenvalue weighted by atomic mass is 16.4. The Balaban J connectivity index is 2.37. The van der Waals surface area contributed by atoms with Crippen molar-refractivity contribution in [2.45, 2.75) is 24.9 Å². The molecule has 0 radical (unpaired) electrons. The number of hydrogen-bond acceptors (Lipinski definition) is 2. The van der Waals surface area contributed by atoms with Gasteiger partial charge in [0.05, 0.1) is 11.5 Å². The first-order valence-corrected chi connectivity index (χ1v) is 3.63. The van der Waals surface area contributed by atoms with Gasteiger partial charge in [0.25, 0.3) is 0 Å². The first-order valence-electron chi connectivity index (χ1n) is 3.63. The van der Waals surface area contributed by atoms with Crippen LogP contribution in [0.1, 0.15) is 19.3 Å².